The van der Waals surface area contributed by atoms with Crippen LogP contribution in [0.15, 0.2) is 48.0 Å². The molecule has 0 saturated carbocycles. The monoisotopic (exact) mass is 305 g/mol. The fourth-order valence-corrected chi connectivity index (χ4v) is 4.33. The van der Waals surface area contributed by atoms with Crippen LogP contribution in [0.2, 0.25) is 0 Å². The van der Waals surface area contributed by atoms with Crippen LogP contribution in [-0.2, 0) is 0 Å². The zero-order valence-electron chi connectivity index (χ0n) is 12.9. The van der Waals surface area contributed by atoms with E-state index in [9.17, 15) is 5.11 Å². The third kappa shape index (κ3) is 2.00. The summed E-state index contributed by atoms with van der Waals surface area (Å²) in [5, 5.41) is 14.0. The molecule has 3 nitrogen and oxygen atoms in total. The highest BCUT2D eigenvalue weighted by atomic mass is 16.5. The Labute approximate surface area is 135 Å². The number of nitrogens with one attached hydrogen (secondary N) is 1. The summed E-state index contributed by atoms with van der Waals surface area (Å²) in [6.45, 7) is 0. The molecule has 2 aromatic carbocycles. The second-order valence-electron chi connectivity index (χ2n) is 6.78. The Kier molecular flexibility index (Phi) is 2.79. The minimum Gasteiger partial charge on any atom is -0.504 e. The van der Waals surface area contributed by atoms with Gasteiger partial charge in [-0.3, -0.25) is 0 Å². The van der Waals surface area contributed by atoms with Crippen LogP contribution < -0.4 is 10.1 Å². The van der Waals surface area contributed by atoms with Gasteiger partial charge in [0.2, 0.25) is 0 Å². The lowest BCUT2D eigenvalue weighted by Crippen LogP contribution is -2.35. The van der Waals surface area contributed by atoms with Crippen LogP contribution >= 0.6 is 0 Å². The first-order valence-electron chi connectivity index (χ1n) is 8.37. The van der Waals surface area contributed by atoms with Crippen LogP contribution in [0.5, 0.6) is 17.2 Å². The van der Waals surface area contributed by atoms with Crippen molar-refractivity contribution < 1.29 is 9.84 Å². The minimum absolute atomic E-state index is 0.215. The highest BCUT2D eigenvalue weighted by Crippen LogP contribution is 2.50. The summed E-state index contributed by atoms with van der Waals surface area (Å²) in [6.07, 6.45) is 4.73. The van der Waals surface area contributed by atoms with Gasteiger partial charge in [0.05, 0.1) is 0 Å². The Hall–Kier alpha value is -2.26. The van der Waals surface area contributed by atoms with Crippen LogP contribution in [0.3, 0.4) is 0 Å². The number of phenols is 1. The molecule has 23 heavy (non-hydrogen) atoms. The third-order valence-corrected chi connectivity index (χ3v) is 5.31. The summed E-state index contributed by atoms with van der Waals surface area (Å²) < 4.78 is 6.00. The highest BCUT2D eigenvalue weighted by molar-refractivity contribution is 5.91. The summed E-state index contributed by atoms with van der Waals surface area (Å²) in [6, 6.07) is 15.0. The molecule has 0 radical (unpaired) electrons. The lowest BCUT2D eigenvalue weighted by Gasteiger charge is -2.30. The molecule has 0 aromatic heterocycles. The van der Waals surface area contributed by atoms with Gasteiger partial charge in [0.1, 0.15) is 5.75 Å². The van der Waals surface area contributed by atoms with E-state index in [0.29, 0.717) is 17.8 Å². The Morgan fingerprint density at radius 1 is 0.913 bits per heavy atom. The van der Waals surface area contributed by atoms with E-state index in [0.717, 1.165) is 29.7 Å². The predicted octanol–water partition coefficient (Wildman–Crippen LogP) is 4.21. The first kappa shape index (κ1) is 13.2. The number of hydrogen-bond donors (Lipinski definition) is 2. The summed E-state index contributed by atoms with van der Waals surface area (Å²) in [4.78, 5) is 0. The van der Waals surface area contributed by atoms with Crippen LogP contribution in [0.25, 0.3) is 5.57 Å². The maximum atomic E-state index is 10.3. The minimum atomic E-state index is 0.215. The Morgan fingerprint density at radius 3 is 2.48 bits per heavy atom. The molecule has 2 fully saturated rings. The Balaban J connectivity index is 1.76. The smallest absolute Gasteiger partial charge is 0.176 e. The largest absolute Gasteiger partial charge is 0.504 e. The standard InChI is InChI=1S/C20H19NO2/c22-17-6-3-5-16-19(12-10-13-8-9-14(11-12)21-13)15-4-1-2-7-18(15)23-20(16)17/h1-7,13-14,21-22H,8-11H2. The molecular formula is C20H19NO2. The van der Waals surface area contributed by atoms with Crippen molar-refractivity contribution in [3.05, 3.63) is 59.2 Å². The van der Waals surface area contributed by atoms with Gasteiger partial charge >= 0.3 is 0 Å². The van der Waals surface area contributed by atoms with Gasteiger partial charge in [-0.1, -0.05) is 35.9 Å². The van der Waals surface area contributed by atoms with Crippen molar-refractivity contribution in [1.82, 2.24) is 5.32 Å². The Bertz CT molecular complexity index is 810. The van der Waals surface area contributed by atoms with Crippen LogP contribution in [0.1, 0.15) is 36.8 Å². The van der Waals surface area contributed by atoms with Gasteiger partial charge in [-0.2, -0.15) is 0 Å². The van der Waals surface area contributed by atoms with Crippen molar-refractivity contribution in [2.24, 2.45) is 0 Å². The van der Waals surface area contributed by atoms with Gasteiger partial charge < -0.3 is 15.2 Å². The topological polar surface area (TPSA) is 41.5 Å². The maximum absolute atomic E-state index is 10.3. The van der Waals surface area contributed by atoms with E-state index in [1.807, 2.05) is 18.2 Å². The van der Waals surface area contributed by atoms with Gasteiger partial charge in [-0.15, -0.1) is 0 Å². The third-order valence-electron chi connectivity index (χ3n) is 5.31. The SMILES string of the molecule is Oc1cccc2c1Oc1ccccc1C2=C1CC2CCC(C1)N2. The molecule has 0 amide bonds. The molecule has 2 bridgehead atoms. The van der Waals surface area contributed by atoms with E-state index in [-0.39, 0.29) is 5.75 Å². The van der Waals surface area contributed by atoms with Crippen molar-refractivity contribution in [1.29, 1.82) is 0 Å². The first-order valence-corrected chi connectivity index (χ1v) is 8.37. The average molecular weight is 305 g/mol. The first-order chi connectivity index (χ1) is 11.3. The van der Waals surface area contributed by atoms with Crippen LogP contribution in [0, 0.1) is 0 Å². The molecule has 3 aliphatic heterocycles. The summed E-state index contributed by atoms with van der Waals surface area (Å²) in [7, 11) is 0. The average Bonchev–Trinajstić information content (AvgIpc) is 2.91. The van der Waals surface area contributed by atoms with Crippen molar-refractivity contribution in [3.8, 4) is 17.2 Å². The van der Waals surface area contributed by atoms with Crippen molar-refractivity contribution >= 4 is 5.57 Å². The zero-order valence-corrected chi connectivity index (χ0v) is 12.9. The molecular weight excluding hydrogens is 286 g/mol. The van der Waals surface area contributed by atoms with E-state index in [1.54, 1.807) is 6.07 Å². The highest BCUT2D eigenvalue weighted by Gasteiger charge is 2.34. The predicted molar refractivity (Wildman–Crippen MR) is 89.8 cm³/mol. The van der Waals surface area contributed by atoms with Crippen molar-refractivity contribution in [3.63, 3.8) is 0 Å². The van der Waals surface area contributed by atoms with Gasteiger partial charge in [0, 0.05) is 23.2 Å². The molecule has 116 valence electrons. The van der Waals surface area contributed by atoms with Crippen LogP contribution in [-0.4, -0.2) is 17.2 Å². The second kappa shape index (κ2) is 4.87. The lowest BCUT2D eigenvalue weighted by atomic mass is 9.84. The number of phenolic OH excluding ortho intramolecular Hbond substituents is 1. The maximum Gasteiger partial charge on any atom is 0.176 e. The molecule has 5 rings (SSSR count). The number of ether oxygens (including phenoxy) is 1. The summed E-state index contributed by atoms with van der Waals surface area (Å²) in [5.41, 5.74) is 4.96. The van der Waals surface area contributed by atoms with Gasteiger partial charge in [-0.25, -0.2) is 0 Å². The number of para-hydroxylation sites is 2. The van der Waals surface area contributed by atoms with E-state index in [4.69, 9.17) is 4.74 Å². The van der Waals surface area contributed by atoms with E-state index in [2.05, 4.69) is 23.5 Å². The molecule has 2 aromatic rings. The quantitative estimate of drug-likeness (QED) is 0.653. The number of benzene rings is 2. The van der Waals surface area contributed by atoms with E-state index < -0.39 is 0 Å². The van der Waals surface area contributed by atoms with Crippen LogP contribution in [0.4, 0.5) is 0 Å². The fraction of sp³-hybridized carbons (Fsp3) is 0.300. The van der Waals surface area contributed by atoms with Gasteiger partial charge in [-0.05, 0) is 43.4 Å². The van der Waals surface area contributed by atoms with E-state index in [1.165, 1.54) is 24.0 Å². The number of piperidine rings is 1. The molecule has 3 heterocycles. The molecule has 2 N–H and O–H groups in total. The zero-order chi connectivity index (χ0) is 15.4. The number of hydrogen-bond acceptors (Lipinski definition) is 3. The second-order valence-corrected chi connectivity index (χ2v) is 6.78. The Morgan fingerprint density at radius 2 is 1.65 bits per heavy atom. The molecule has 2 saturated heterocycles. The lowest BCUT2D eigenvalue weighted by molar-refractivity contribution is 0.406. The van der Waals surface area contributed by atoms with Gasteiger partial charge in [0.15, 0.2) is 11.5 Å². The molecule has 0 spiro atoms. The fourth-order valence-electron chi connectivity index (χ4n) is 4.33. The number of aromatic hydroxyl groups is 1. The molecule has 0 aliphatic carbocycles. The van der Waals surface area contributed by atoms with Crippen molar-refractivity contribution in [2.45, 2.75) is 37.8 Å². The normalized spacial score (nSPS) is 24.9. The molecule has 3 aliphatic rings. The van der Waals surface area contributed by atoms with E-state index >= 15 is 0 Å². The number of fused-ring (bicyclic) bond motifs is 4. The number of rotatable bonds is 0. The van der Waals surface area contributed by atoms with Crippen molar-refractivity contribution in [2.75, 3.05) is 0 Å². The molecule has 2 atom stereocenters. The van der Waals surface area contributed by atoms with Gasteiger partial charge in [0.25, 0.3) is 0 Å². The molecule has 3 heteroatoms. The molecule has 2 unspecified atom stereocenters. The summed E-state index contributed by atoms with van der Waals surface area (Å²) >= 11 is 0. The summed E-state index contributed by atoms with van der Waals surface area (Å²) in [5.74, 6) is 1.65.